The van der Waals surface area contributed by atoms with Gasteiger partial charge in [-0.15, -0.1) is 11.3 Å². The lowest BCUT2D eigenvalue weighted by Gasteiger charge is -2.18. The summed E-state index contributed by atoms with van der Waals surface area (Å²) in [5.41, 5.74) is 0.150. The van der Waals surface area contributed by atoms with Gasteiger partial charge < -0.3 is 9.47 Å². The van der Waals surface area contributed by atoms with Crippen molar-refractivity contribution in [2.75, 3.05) is 13.7 Å². The summed E-state index contributed by atoms with van der Waals surface area (Å²) in [4.78, 5) is 2.53. The van der Waals surface area contributed by atoms with Crippen molar-refractivity contribution < 1.29 is 9.47 Å². The minimum atomic E-state index is 0.0748. The summed E-state index contributed by atoms with van der Waals surface area (Å²) in [6, 6.07) is 0. The molecule has 1 aromatic heterocycles. The third kappa shape index (κ3) is 3.00. The zero-order chi connectivity index (χ0) is 14.1. The molecule has 0 unspecified atom stereocenters. The van der Waals surface area contributed by atoms with Gasteiger partial charge in [-0.2, -0.15) is 0 Å². The highest BCUT2D eigenvalue weighted by atomic mass is 32.1. The van der Waals surface area contributed by atoms with E-state index >= 15 is 0 Å². The molecule has 2 nitrogen and oxygen atoms in total. The van der Waals surface area contributed by atoms with Gasteiger partial charge in [0.25, 0.3) is 0 Å². The van der Waals surface area contributed by atoms with Crippen LogP contribution in [0.15, 0.2) is 0 Å². The van der Waals surface area contributed by atoms with Crippen LogP contribution in [-0.4, -0.2) is 13.7 Å². The van der Waals surface area contributed by atoms with Crippen molar-refractivity contribution in [2.45, 2.75) is 59.3 Å². The first kappa shape index (κ1) is 15.4. The minimum absolute atomic E-state index is 0.0748. The maximum atomic E-state index is 5.85. The molecule has 0 atom stereocenters. The molecule has 1 aromatic rings. The summed E-state index contributed by atoms with van der Waals surface area (Å²) in [5, 5.41) is 0. The largest absolute Gasteiger partial charge is 0.492 e. The Bertz CT molecular complexity index is 405. The lowest BCUT2D eigenvalue weighted by atomic mass is 9.91. The topological polar surface area (TPSA) is 18.5 Å². The van der Waals surface area contributed by atoms with E-state index in [2.05, 4.69) is 41.5 Å². The van der Waals surface area contributed by atoms with Crippen LogP contribution in [0.3, 0.4) is 0 Å². The Balaban J connectivity index is 3.49. The fourth-order valence-corrected chi connectivity index (χ4v) is 3.18. The first-order chi connectivity index (χ1) is 8.12. The molecule has 0 spiro atoms. The van der Waals surface area contributed by atoms with Crippen molar-refractivity contribution in [1.29, 1.82) is 0 Å². The van der Waals surface area contributed by atoms with Gasteiger partial charge in [0.05, 0.1) is 23.5 Å². The average Bonchev–Trinajstić information content (AvgIpc) is 2.56. The summed E-state index contributed by atoms with van der Waals surface area (Å²) in [7, 11) is 1.73. The molecule has 0 fully saturated rings. The number of ether oxygens (including phenoxy) is 2. The number of hydrogen-bond donors (Lipinski definition) is 0. The van der Waals surface area contributed by atoms with E-state index < -0.39 is 0 Å². The van der Waals surface area contributed by atoms with Crippen LogP contribution >= 0.6 is 11.3 Å². The van der Waals surface area contributed by atoms with Gasteiger partial charge in [0.1, 0.15) is 0 Å². The predicted molar refractivity (Wildman–Crippen MR) is 79.4 cm³/mol. The van der Waals surface area contributed by atoms with Crippen LogP contribution in [0.1, 0.15) is 58.2 Å². The number of rotatable bonds is 3. The van der Waals surface area contributed by atoms with Crippen LogP contribution in [0.2, 0.25) is 0 Å². The SMILES string of the molecule is CCOc1c(C(C)(C)C)sc(C(C)(C)C)c1OC. The Hall–Kier alpha value is -0.700. The molecule has 0 aliphatic rings. The van der Waals surface area contributed by atoms with E-state index in [1.807, 2.05) is 18.3 Å². The maximum absolute atomic E-state index is 5.85. The van der Waals surface area contributed by atoms with Gasteiger partial charge in [0.15, 0.2) is 11.5 Å². The molecule has 0 saturated heterocycles. The normalized spacial score (nSPS) is 12.7. The van der Waals surface area contributed by atoms with E-state index in [1.165, 1.54) is 9.75 Å². The lowest BCUT2D eigenvalue weighted by Crippen LogP contribution is -2.11. The molecule has 0 aliphatic carbocycles. The van der Waals surface area contributed by atoms with Gasteiger partial charge in [-0.1, -0.05) is 41.5 Å². The number of thiophene rings is 1. The quantitative estimate of drug-likeness (QED) is 0.789. The Kier molecular flexibility index (Phi) is 4.37. The molecule has 0 aliphatic heterocycles. The van der Waals surface area contributed by atoms with Gasteiger partial charge in [-0.05, 0) is 6.92 Å². The van der Waals surface area contributed by atoms with Crippen molar-refractivity contribution in [1.82, 2.24) is 0 Å². The summed E-state index contributed by atoms with van der Waals surface area (Å²) in [6.45, 7) is 16.0. The lowest BCUT2D eigenvalue weighted by molar-refractivity contribution is 0.303. The van der Waals surface area contributed by atoms with Crippen molar-refractivity contribution in [3.05, 3.63) is 9.75 Å². The Morgan fingerprint density at radius 1 is 0.889 bits per heavy atom. The predicted octanol–water partition coefficient (Wildman–Crippen LogP) is 4.75. The van der Waals surface area contributed by atoms with E-state index in [0.717, 1.165) is 11.5 Å². The summed E-state index contributed by atoms with van der Waals surface area (Å²) in [5.74, 6) is 1.85. The standard InChI is InChI=1S/C15H26O2S/c1-9-17-11-10(16-8)12(14(2,3)4)18-13(11)15(5,6)7/h9H2,1-8H3. The number of methoxy groups -OCH3 is 1. The molecule has 0 amide bonds. The van der Waals surface area contributed by atoms with Gasteiger partial charge in [0.2, 0.25) is 0 Å². The van der Waals surface area contributed by atoms with Gasteiger partial charge in [-0.3, -0.25) is 0 Å². The summed E-state index contributed by atoms with van der Waals surface area (Å²) >= 11 is 1.81. The summed E-state index contributed by atoms with van der Waals surface area (Å²) in [6.07, 6.45) is 0. The molecule has 3 heteroatoms. The molecule has 1 rings (SSSR count). The monoisotopic (exact) mass is 270 g/mol. The second kappa shape index (κ2) is 5.12. The maximum Gasteiger partial charge on any atom is 0.175 e. The van der Waals surface area contributed by atoms with Crippen molar-refractivity contribution in [3.8, 4) is 11.5 Å². The zero-order valence-corrected chi connectivity index (χ0v) is 13.7. The Morgan fingerprint density at radius 2 is 1.33 bits per heavy atom. The van der Waals surface area contributed by atoms with E-state index in [1.54, 1.807) is 7.11 Å². The smallest absolute Gasteiger partial charge is 0.175 e. The van der Waals surface area contributed by atoms with Gasteiger partial charge >= 0.3 is 0 Å². The van der Waals surface area contributed by atoms with Crippen molar-refractivity contribution >= 4 is 11.3 Å². The molecule has 18 heavy (non-hydrogen) atoms. The fourth-order valence-electron chi connectivity index (χ4n) is 1.85. The van der Waals surface area contributed by atoms with Crippen LogP contribution in [0.5, 0.6) is 11.5 Å². The van der Waals surface area contributed by atoms with E-state index in [4.69, 9.17) is 9.47 Å². The van der Waals surface area contributed by atoms with Crippen LogP contribution in [0.4, 0.5) is 0 Å². The third-order valence-corrected chi connectivity index (χ3v) is 4.68. The zero-order valence-electron chi connectivity index (χ0n) is 12.9. The van der Waals surface area contributed by atoms with Crippen LogP contribution in [0.25, 0.3) is 0 Å². The first-order valence-corrected chi connectivity index (χ1v) is 7.29. The molecule has 1 heterocycles. The molecule has 0 bridgehead atoms. The molecule has 0 aromatic carbocycles. The van der Waals surface area contributed by atoms with Crippen LogP contribution < -0.4 is 9.47 Å². The minimum Gasteiger partial charge on any atom is -0.492 e. The highest BCUT2D eigenvalue weighted by Gasteiger charge is 2.32. The molecule has 0 radical (unpaired) electrons. The Labute approximate surface area is 115 Å². The molecular weight excluding hydrogens is 244 g/mol. The van der Waals surface area contributed by atoms with Gasteiger partial charge in [0, 0.05) is 10.8 Å². The van der Waals surface area contributed by atoms with E-state index in [9.17, 15) is 0 Å². The molecular formula is C15H26O2S. The number of hydrogen-bond acceptors (Lipinski definition) is 3. The molecule has 0 saturated carbocycles. The van der Waals surface area contributed by atoms with E-state index in [0.29, 0.717) is 6.61 Å². The highest BCUT2D eigenvalue weighted by Crippen LogP contribution is 2.51. The highest BCUT2D eigenvalue weighted by molar-refractivity contribution is 7.13. The first-order valence-electron chi connectivity index (χ1n) is 6.47. The summed E-state index contributed by atoms with van der Waals surface area (Å²) < 4.78 is 11.5. The van der Waals surface area contributed by atoms with Gasteiger partial charge in [-0.25, -0.2) is 0 Å². The molecule has 104 valence electrons. The fraction of sp³-hybridized carbons (Fsp3) is 0.733. The van der Waals surface area contributed by atoms with Crippen molar-refractivity contribution in [2.24, 2.45) is 0 Å². The third-order valence-electron chi connectivity index (χ3n) is 2.68. The van der Waals surface area contributed by atoms with Crippen molar-refractivity contribution in [3.63, 3.8) is 0 Å². The average molecular weight is 270 g/mol. The second-order valence-electron chi connectivity index (χ2n) is 6.56. The van der Waals surface area contributed by atoms with Crippen LogP contribution in [0, 0.1) is 0 Å². The second-order valence-corrected chi connectivity index (χ2v) is 7.58. The Morgan fingerprint density at radius 3 is 1.67 bits per heavy atom. The van der Waals surface area contributed by atoms with Crippen LogP contribution in [-0.2, 0) is 10.8 Å². The molecule has 0 N–H and O–H groups in total. The van der Waals surface area contributed by atoms with E-state index in [-0.39, 0.29) is 10.8 Å².